The van der Waals surface area contributed by atoms with Gasteiger partial charge in [-0.05, 0) is 19.4 Å². The molecule has 1 rings (SSSR count). The highest BCUT2D eigenvalue weighted by Crippen LogP contribution is 2.18. The molecule has 1 atom stereocenters. The average Bonchev–Trinajstić information content (AvgIpc) is 1.88. The summed E-state index contributed by atoms with van der Waals surface area (Å²) in [6.07, 6.45) is 0. The van der Waals surface area contributed by atoms with Crippen LogP contribution in [0.2, 0.25) is 0 Å². The Balaban J connectivity index is 2.89. The Morgan fingerprint density at radius 3 is 2.10 bits per heavy atom. The van der Waals surface area contributed by atoms with Crippen molar-refractivity contribution in [1.82, 2.24) is 0 Å². The van der Waals surface area contributed by atoms with E-state index in [1.807, 2.05) is 6.92 Å². The molecule has 0 aliphatic heterocycles. The monoisotopic (exact) mass is 154 g/mol. The maximum absolute atomic E-state index is 5.86. The third-order valence-corrected chi connectivity index (χ3v) is 1.79. The SMILES string of the molecule is Cc1ccc([C@@H](C)Cl)cc1. The third kappa shape index (κ3) is 1.74. The van der Waals surface area contributed by atoms with E-state index in [0.717, 1.165) is 0 Å². The first kappa shape index (κ1) is 7.62. The molecule has 0 radical (unpaired) electrons. The van der Waals surface area contributed by atoms with Crippen LogP contribution < -0.4 is 0 Å². The van der Waals surface area contributed by atoms with Crippen molar-refractivity contribution < 1.29 is 0 Å². The van der Waals surface area contributed by atoms with E-state index < -0.39 is 0 Å². The molecule has 0 heterocycles. The zero-order valence-corrected chi connectivity index (χ0v) is 7.02. The maximum Gasteiger partial charge on any atom is 0.0557 e. The standard InChI is InChI=1S/C9H11Cl/c1-7-3-5-9(6-4-7)8(2)10/h3-6,8H,1-2H3/t8-/m1/s1. The Bertz CT molecular complexity index is 198. The van der Waals surface area contributed by atoms with E-state index >= 15 is 0 Å². The van der Waals surface area contributed by atoms with E-state index in [1.165, 1.54) is 11.1 Å². The van der Waals surface area contributed by atoms with Crippen LogP contribution in [-0.2, 0) is 0 Å². The van der Waals surface area contributed by atoms with Crippen LogP contribution in [0.5, 0.6) is 0 Å². The van der Waals surface area contributed by atoms with Crippen molar-refractivity contribution in [3.63, 3.8) is 0 Å². The molecule has 0 unspecified atom stereocenters. The van der Waals surface area contributed by atoms with Gasteiger partial charge in [0.25, 0.3) is 0 Å². The summed E-state index contributed by atoms with van der Waals surface area (Å²) in [4.78, 5) is 0. The summed E-state index contributed by atoms with van der Waals surface area (Å²) in [5.74, 6) is 0. The predicted octanol–water partition coefficient (Wildman–Crippen LogP) is 3.29. The summed E-state index contributed by atoms with van der Waals surface area (Å²) in [5.41, 5.74) is 2.47. The summed E-state index contributed by atoms with van der Waals surface area (Å²) in [5, 5.41) is 0.126. The van der Waals surface area contributed by atoms with Crippen LogP contribution in [0.4, 0.5) is 0 Å². The molecular formula is C9H11Cl. The van der Waals surface area contributed by atoms with E-state index in [1.54, 1.807) is 0 Å². The molecule has 54 valence electrons. The Morgan fingerprint density at radius 1 is 1.20 bits per heavy atom. The highest BCUT2D eigenvalue weighted by atomic mass is 35.5. The van der Waals surface area contributed by atoms with Crippen LogP contribution in [0, 0.1) is 6.92 Å². The summed E-state index contributed by atoms with van der Waals surface area (Å²) in [6.45, 7) is 4.05. The molecule has 0 amide bonds. The Kier molecular flexibility index (Phi) is 2.34. The fourth-order valence-electron chi connectivity index (χ4n) is 0.832. The third-order valence-electron chi connectivity index (χ3n) is 1.54. The van der Waals surface area contributed by atoms with E-state index in [9.17, 15) is 0 Å². The Hall–Kier alpha value is -0.490. The first-order valence-electron chi connectivity index (χ1n) is 3.41. The van der Waals surface area contributed by atoms with Gasteiger partial charge in [-0.25, -0.2) is 0 Å². The second kappa shape index (κ2) is 3.07. The minimum absolute atomic E-state index is 0.126. The molecule has 0 nitrogen and oxygen atoms in total. The second-order valence-electron chi connectivity index (χ2n) is 2.53. The van der Waals surface area contributed by atoms with Crippen LogP contribution in [0.3, 0.4) is 0 Å². The van der Waals surface area contributed by atoms with Gasteiger partial charge in [0.2, 0.25) is 0 Å². The maximum atomic E-state index is 5.86. The number of halogens is 1. The van der Waals surface area contributed by atoms with Gasteiger partial charge >= 0.3 is 0 Å². The molecule has 10 heavy (non-hydrogen) atoms. The fraction of sp³-hybridized carbons (Fsp3) is 0.333. The van der Waals surface area contributed by atoms with E-state index in [2.05, 4.69) is 31.2 Å². The van der Waals surface area contributed by atoms with Gasteiger partial charge in [-0.15, -0.1) is 11.6 Å². The smallest absolute Gasteiger partial charge is 0.0557 e. The minimum Gasteiger partial charge on any atom is -0.118 e. The molecular weight excluding hydrogens is 144 g/mol. The van der Waals surface area contributed by atoms with Gasteiger partial charge in [0, 0.05) is 0 Å². The van der Waals surface area contributed by atoms with Crippen molar-refractivity contribution in [3.05, 3.63) is 35.4 Å². The lowest BCUT2D eigenvalue weighted by Gasteiger charge is -2.01. The van der Waals surface area contributed by atoms with Crippen LogP contribution in [0.1, 0.15) is 23.4 Å². The first-order valence-corrected chi connectivity index (χ1v) is 3.84. The first-order chi connectivity index (χ1) is 4.70. The molecule has 0 aliphatic rings. The van der Waals surface area contributed by atoms with Crippen molar-refractivity contribution in [2.75, 3.05) is 0 Å². The fourth-order valence-corrected chi connectivity index (χ4v) is 0.977. The lowest BCUT2D eigenvalue weighted by molar-refractivity contribution is 1.08. The molecule has 1 aromatic carbocycles. The molecule has 0 fully saturated rings. The Morgan fingerprint density at radius 2 is 1.70 bits per heavy atom. The van der Waals surface area contributed by atoms with Gasteiger partial charge in [0.05, 0.1) is 5.38 Å². The summed E-state index contributed by atoms with van der Waals surface area (Å²) >= 11 is 5.86. The van der Waals surface area contributed by atoms with Gasteiger partial charge in [0.15, 0.2) is 0 Å². The molecule has 0 spiro atoms. The largest absolute Gasteiger partial charge is 0.118 e. The quantitative estimate of drug-likeness (QED) is 0.545. The van der Waals surface area contributed by atoms with E-state index in [4.69, 9.17) is 11.6 Å². The van der Waals surface area contributed by atoms with Gasteiger partial charge < -0.3 is 0 Å². The number of aryl methyl sites for hydroxylation is 1. The van der Waals surface area contributed by atoms with Crippen LogP contribution in [0.15, 0.2) is 24.3 Å². The topological polar surface area (TPSA) is 0 Å². The molecule has 0 saturated heterocycles. The van der Waals surface area contributed by atoms with Crippen molar-refractivity contribution >= 4 is 11.6 Å². The number of hydrogen-bond donors (Lipinski definition) is 0. The molecule has 1 heteroatoms. The van der Waals surface area contributed by atoms with Crippen molar-refractivity contribution in [1.29, 1.82) is 0 Å². The van der Waals surface area contributed by atoms with Crippen LogP contribution in [0.25, 0.3) is 0 Å². The zero-order chi connectivity index (χ0) is 7.56. The zero-order valence-electron chi connectivity index (χ0n) is 6.26. The number of alkyl halides is 1. The highest BCUT2D eigenvalue weighted by Gasteiger charge is 1.97. The summed E-state index contributed by atoms with van der Waals surface area (Å²) < 4.78 is 0. The summed E-state index contributed by atoms with van der Waals surface area (Å²) in [6, 6.07) is 8.28. The lowest BCUT2D eigenvalue weighted by Crippen LogP contribution is -1.82. The summed E-state index contributed by atoms with van der Waals surface area (Å²) in [7, 11) is 0. The van der Waals surface area contributed by atoms with Gasteiger partial charge in [-0.3, -0.25) is 0 Å². The van der Waals surface area contributed by atoms with Crippen LogP contribution in [-0.4, -0.2) is 0 Å². The highest BCUT2D eigenvalue weighted by molar-refractivity contribution is 6.20. The predicted molar refractivity (Wildman–Crippen MR) is 45.4 cm³/mol. The van der Waals surface area contributed by atoms with Crippen molar-refractivity contribution in [2.45, 2.75) is 19.2 Å². The molecule has 1 aromatic rings. The van der Waals surface area contributed by atoms with Gasteiger partial charge in [0.1, 0.15) is 0 Å². The number of rotatable bonds is 1. The van der Waals surface area contributed by atoms with Gasteiger partial charge in [-0.1, -0.05) is 29.8 Å². The number of benzene rings is 1. The minimum atomic E-state index is 0.126. The van der Waals surface area contributed by atoms with E-state index in [0.29, 0.717) is 0 Å². The van der Waals surface area contributed by atoms with Crippen molar-refractivity contribution in [3.8, 4) is 0 Å². The second-order valence-corrected chi connectivity index (χ2v) is 3.18. The van der Waals surface area contributed by atoms with E-state index in [-0.39, 0.29) is 5.38 Å². The average molecular weight is 155 g/mol. The lowest BCUT2D eigenvalue weighted by atomic mass is 10.1. The van der Waals surface area contributed by atoms with Gasteiger partial charge in [-0.2, -0.15) is 0 Å². The molecule has 0 N–H and O–H groups in total. The van der Waals surface area contributed by atoms with Crippen molar-refractivity contribution in [2.24, 2.45) is 0 Å². The number of hydrogen-bond acceptors (Lipinski definition) is 0. The molecule has 0 aromatic heterocycles. The molecule has 0 bridgehead atoms. The Labute approximate surface area is 66.8 Å². The molecule has 0 saturated carbocycles. The molecule has 0 aliphatic carbocycles. The normalized spacial score (nSPS) is 13.1. The van der Waals surface area contributed by atoms with Crippen LogP contribution >= 0.6 is 11.6 Å².